The van der Waals surface area contributed by atoms with Gasteiger partial charge in [-0.1, -0.05) is 188 Å². The zero-order valence-electron chi connectivity index (χ0n) is 33.0. The van der Waals surface area contributed by atoms with Crippen LogP contribution in [0.25, 0.3) is 38.6 Å². The lowest BCUT2D eigenvalue weighted by Gasteiger charge is -2.34. The molecule has 1 heterocycles. The molecule has 0 saturated heterocycles. The smallest absolute Gasteiger partial charge is 0.131 e. The molecule has 3 heteroatoms. The number of aliphatic imine (C=N–C) groups is 1. The highest BCUT2D eigenvalue weighted by molar-refractivity contribution is 6.06. The van der Waals surface area contributed by atoms with Gasteiger partial charge in [0.2, 0.25) is 0 Å². The minimum absolute atomic E-state index is 0.0922. The van der Waals surface area contributed by atoms with E-state index in [2.05, 4.69) is 211 Å². The molecule has 0 bridgehead atoms. The Balaban J connectivity index is 1.06. The highest BCUT2D eigenvalue weighted by Gasteiger charge is 2.47. The van der Waals surface area contributed by atoms with Gasteiger partial charge in [-0.05, 0) is 115 Å². The quantitative estimate of drug-likeness (QED) is 0.170. The molecule has 1 aliphatic heterocycles. The third-order valence-corrected chi connectivity index (χ3v) is 12.8. The maximum Gasteiger partial charge on any atom is 0.131 e. The summed E-state index contributed by atoms with van der Waals surface area (Å²) in [4.78, 5) is 5.17. The predicted octanol–water partition coefficient (Wildman–Crippen LogP) is 12.8. The molecule has 3 nitrogen and oxygen atoms in total. The normalized spacial score (nSPS) is 18.9. The Labute approximate surface area is 346 Å². The van der Waals surface area contributed by atoms with Crippen molar-refractivity contribution >= 4 is 22.2 Å². The van der Waals surface area contributed by atoms with E-state index in [-0.39, 0.29) is 12.3 Å². The Kier molecular flexibility index (Phi) is 8.90. The molecule has 11 rings (SSSR count). The number of fused-ring (bicyclic) bond motifs is 4. The molecule has 0 fully saturated rings. The minimum atomic E-state index is -0.520. The summed E-state index contributed by atoms with van der Waals surface area (Å²) in [5.41, 5.74) is 16.2. The maximum atomic E-state index is 5.17. The van der Waals surface area contributed by atoms with Gasteiger partial charge in [0.1, 0.15) is 18.2 Å². The fourth-order valence-electron chi connectivity index (χ4n) is 10.0. The SMILES string of the molecule is C1=CCCC(c2c3c(cc4ccccc24)C(c2ccccc2)(c2ccccc2)c2cc(-c4ccc(C5NC(c6ccccc6)=NC(C6=CC=CCC6)N5)cc4)ccc2-3)=C1. The van der Waals surface area contributed by atoms with Gasteiger partial charge in [0, 0.05) is 5.56 Å². The van der Waals surface area contributed by atoms with Crippen LogP contribution in [0.3, 0.4) is 0 Å². The summed E-state index contributed by atoms with van der Waals surface area (Å²) in [5.74, 6) is 0.919. The number of hydrogen-bond donors (Lipinski definition) is 2. The zero-order valence-corrected chi connectivity index (χ0v) is 33.0. The molecule has 0 amide bonds. The average Bonchev–Trinajstić information content (AvgIpc) is 3.61. The number of nitrogens with zero attached hydrogens (tertiary/aromatic N) is 1. The molecule has 0 radical (unpaired) electrons. The fourth-order valence-corrected chi connectivity index (χ4v) is 10.0. The third kappa shape index (κ3) is 6.04. The summed E-state index contributed by atoms with van der Waals surface area (Å²) >= 11 is 0. The lowest BCUT2D eigenvalue weighted by atomic mass is 9.67. The number of nitrogens with one attached hydrogen (secondary N) is 2. The third-order valence-electron chi connectivity index (χ3n) is 12.8. The molecule has 0 aromatic heterocycles. The van der Waals surface area contributed by atoms with Crippen LogP contribution in [0.5, 0.6) is 0 Å². The Morgan fingerprint density at radius 3 is 1.90 bits per heavy atom. The summed E-state index contributed by atoms with van der Waals surface area (Å²) in [5, 5.41) is 10.2. The van der Waals surface area contributed by atoms with Gasteiger partial charge < -0.3 is 5.32 Å². The first-order chi connectivity index (χ1) is 29.3. The van der Waals surface area contributed by atoms with Crippen molar-refractivity contribution in [2.24, 2.45) is 4.99 Å². The van der Waals surface area contributed by atoms with Gasteiger partial charge >= 0.3 is 0 Å². The lowest BCUT2D eigenvalue weighted by Crippen LogP contribution is -2.49. The van der Waals surface area contributed by atoms with Crippen LogP contribution in [0, 0.1) is 0 Å². The van der Waals surface area contributed by atoms with Crippen molar-refractivity contribution in [3.05, 3.63) is 245 Å². The van der Waals surface area contributed by atoms with Crippen LogP contribution in [0.4, 0.5) is 0 Å². The molecule has 59 heavy (non-hydrogen) atoms. The van der Waals surface area contributed by atoms with Crippen LogP contribution >= 0.6 is 0 Å². The van der Waals surface area contributed by atoms with Gasteiger partial charge in [-0.15, -0.1) is 0 Å². The van der Waals surface area contributed by atoms with E-state index >= 15 is 0 Å². The Bertz CT molecular complexity index is 2820. The van der Waals surface area contributed by atoms with Crippen molar-refractivity contribution in [2.45, 2.75) is 43.4 Å². The summed E-state index contributed by atoms with van der Waals surface area (Å²) in [7, 11) is 0. The highest BCUT2D eigenvalue weighted by Crippen LogP contribution is 2.60. The van der Waals surface area contributed by atoms with Crippen molar-refractivity contribution in [1.82, 2.24) is 10.6 Å². The monoisotopic (exact) mass is 759 g/mol. The first-order valence-electron chi connectivity index (χ1n) is 21.1. The average molecular weight is 760 g/mol. The second-order valence-corrected chi connectivity index (χ2v) is 16.1. The molecule has 7 aromatic carbocycles. The van der Waals surface area contributed by atoms with E-state index < -0.39 is 5.41 Å². The number of amidine groups is 1. The number of benzene rings is 7. The van der Waals surface area contributed by atoms with Crippen molar-refractivity contribution in [3.8, 4) is 22.3 Å². The summed E-state index contributed by atoms with van der Waals surface area (Å²) in [6.45, 7) is 0. The number of allylic oxidation sites excluding steroid dienone is 7. The van der Waals surface area contributed by atoms with Gasteiger partial charge in [-0.2, -0.15) is 0 Å². The van der Waals surface area contributed by atoms with Crippen molar-refractivity contribution in [3.63, 3.8) is 0 Å². The van der Waals surface area contributed by atoms with E-state index in [1.165, 1.54) is 77.6 Å². The lowest BCUT2D eigenvalue weighted by molar-refractivity contribution is 0.425. The van der Waals surface area contributed by atoms with E-state index in [1.807, 2.05) is 0 Å². The summed E-state index contributed by atoms with van der Waals surface area (Å²) in [6, 6.07) is 60.7. The van der Waals surface area contributed by atoms with Gasteiger partial charge in [0.15, 0.2) is 0 Å². The predicted molar refractivity (Wildman–Crippen MR) is 245 cm³/mol. The molecule has 0 spiro atoms. The molecule has 3 aliphatic carbocycles. The second kappa shape index (κ2) is 14.8. The Hall–Kier alpha value is -6.81. The number of rotatable bonds is 7. The van der Waals surface area contributed by atoms with Gasteiger partial charge in [-0.3, -0.25) is 5.32 Å². The molecule has 2 unspecified atom stereocenters. The van der Waals surface area contributed by atoms with Crippen LogP contribution in [0.1, 0.15) is 70.8 Å². The topological polar surface area (TPSA) is 36.4 Å². The fraction of sp³-hybridized carbons (Fsp3) is 0.125. The standard InChI is InChI=1S/C56H45N3/c1-6-18-39(19-7-1)51-47-29-17-16-24-44(47)37-50-52(51)48-35-34-43(36-49(48)56(50,45-25-12-4-13-26-45)46-27-14-5-15-28-46)38-30-32-42(33-31-38)55-58-53(40-20-8-2-9-21-40)57-54(59-55)41-22-10-3-11-23-41/h1-6,8-10,12-18,20-22,24-37,54-55,59H,7,11,19,23H2,(H,57,58). The van der Waals surface area contributed by atoms with Gasteiger partial charge in [-0.25, -0.2) is 4.99 Å². The van der Waals surface area contributed by atoms with E-state index in [0.717, 1.165) is 37.1 Å². The number of hydrogen-bond acceptors (Lipinski definition) is 3. The summed E-state index contributed by atoms with van der Waals surface area (Å²) in [6.07, 6.45) is 17.5. The van der Waals surface area contributed by atoms with Gasteiger partial charge in [0.05, 0.1) is 5.41 Å². The second-order valence-electron chi connectivity index (χ2n) is 16.1. The zero-order chi connectivity index (χ0) is 39.2. The summed E-state index contributed by atoms with van der Waals surface area (Å²) < 4.78 is 0. The van der Waals surface area contributed by atoms with Crippen LogP contribution in [-0.4, -0.2) is 12.0 Å². The maximum absolute atomic E-state index is 5.17. The Morgan fingerprint density at radius 1 is 0.542 bits per heavy atom. The largest absolute Gasteiger partial charge is 0.350 e. The van der Waals surface area contributed by atoms with E-state index in [0.29, 0.717) is 0 Å². The molecule has 4 aliphatic rings. The van der Waals surface area contributed by atoms with Crippen molar-refractivity contribution in [1.29, 1.82) is 0 Å². The van der Waals surface area contributed by atoms with E-state index in [9.17, 15) is 0 Å². The first-order valence-corrected chi connectivity index (χ1v) is 21.1. The molecule has 2 N–H and O–H groups in total. The molecular weight excluding hydrogens is 715 g/mol. The van der Waals surface area contributed by atoms with E-state index in [4.69, 9.17) is 4.99 Å². The van der Waals surface area contributed by atoms with Crippen LogP contribution in [0.15, 0.2) is 211 Å². The molecule has 284 valence electrons. The molecule has 2 atom stereocenters. The minimum Gasteiger partial charge on any atom is -0.350 e. The van der Waals surface area contributed by atoms with Crippen LogP contribution in [-0.2, 0) is 5.41 Å². The Morgan fingerprint density at radius 2 is 1.20 bits per heavy atom. The van der Waals surface area contributed by atoms with Gasteiger partial charge in [0.25, 0.3) is 0 Å². The van der Waals surface area contributed by atoms with Crippen molar-refractivity contribution in [2.75, 3.05) is 0 Å². The first kappa shape index (κ1) is 35.4. The van der Waals surface area contributed by atoms with Crippen LogP contribution < -0.4 is 10.6 Å². The molecule has 7 aromatic rings. The van der Waals surface area contributed by atoms with E-state index in [1.54, 1.807) is 0 Å². The van der Waals surface area contributed by atoms with Crippen LogP contribution in [0.2, 0.25) is 0 Å². The molecular formula is C56H45N3. The molecule has 0 saturated carbocycles. The highest BCUT2D eigenvalue weighted by atomic mass is 15.3. The van der Waals surface area contributed by atoms with Crippen molar-refractivity contribution < 1.29 is 0 Å².